The van der Waals surface area contributed by atoms with E-state index in [1.807, 2.05) is 0 Å². The predicted octanol–water partition coefficient (Wildman–Crippen LogP) is 2.09. The number of H-pyrrole nitrogens is 1. The third-order valence-corrected chi connectivity index (χ3v) is 3.19. The van der Waals surface area contributed by atoms with Crippen LogP contribution in [0, 0.1) is 0 Å². The van der Waals surface area contributed by atoms with Gasteiger partial charge >= 0.3 is 5.97 Å². The molecular formula is C13H9BrN2O4. The van der Waals surface area contributed by atoms with Crippen molar-refractivity contribution >= 4 is 33.5 Å². The number of hydrogen-bond donors (Lipinski definition) is 3. The number of carbonyl (C=O) groups excluding carboxylic acids is 1. The van der Waals surface area contributed by atoms with Gasteiger partial charge in [0, 0.05) is 22.3 Å². The zero-order chi connectivity index (χ0) is 14.7. The first kappa shape index (κ1) is 14.0. The first-order valence-corrected chi connectivity index (χ1v) is 6.29. The van der Waals surface area contributed by atoms with Gasteiger partial charge in [-0.2, -0.15) is 0 Å². The van der Waals surface area contributed by atoms with Crippen molar-refractivity contribution in [1.29, 1.82) is 0 Å². The van der Waals surface area contributed by atoms with Gasteiger partial charge in [-0.25, -0.2) is 4.79 Å². The lowest BCUT2D eigenvalue weighted by Gasteiger charge is -2.08. The van der Waals surface area contributed by atoms with E-state index in [1.165, 1.54) is 30.5 Å². The number of nitrogens with one attached hydrogen (secondary N) is 2. The highest BCUT2D eigenvalue weighted by molar-refractivity contribution is 9.10. The summed E-state index contributed by atoms with van der Waals surface area (Å²) in [6, 6.07) is 6.87. The third-order valence-electron chi connectivity index (χ3n) is 2.50. The summed E-state index contributed by atoms with van der Waals surface area (Å²) in [5.41, 5.74) is 0.155. The van der Waals surface area contributed by atoms with Crippen LogP contribution < -0.4 is 10.9 Å². The predicted molar refractivity (Wildman–Crippen MR) is 76.1 cm³/mol. The second-order valence-electron chi connectivity index (χ2n) is 3.90. The van der Waals surface area contributed by atoms with E-state index in [0.717, 1.165) is 6.07 Å². The largest absolute Gasteiger partial charge is 0.478 e. The molecule has 2 rings (SSSR count). The summed E-state index contributed by atoms with van der Waals surface area (Å²) in [5, 5.41) is 11.5. The molecule has 0 aliphatic heterocycles. The van der Waals surface area contributed by atoms with E-state index in [2.05, 4.69) is 26.2 Å². The Kier molecular flexibility index (Phi) is 3.99. The first-order valence-electron chi connectivity index (χ1n) is 5.50. The minimum atomic E-state index is -1.09. The average Bonchev–Trinajstić information content (AvgIpc) is 2.41. The van der Waals surface area contributed by atoms with E-state index in [9.17, 15) is 14.4 Å². The molecule has 6 nitrogen and oxygen atoms in total. The van der Waals surface area contributed by atoms with Crippen molar-refractivity contribution in [2.24, 2.45) is 0 Å². The Balaban J connectivity index is 2.30. The van der Waals surface area contributed by atoms with E-state index in [-0.39, 0.29) is 11.1 Å². The molecule has 0 radical (unpaired) electrons. The number of aromatic carboxylic acids is 1. The molecule has 2 aromatic rings. The number of anilines is 1. The minimum Gasteiger partial charge on any atom is -0.478 e. The quantitative estimate of drug-likeness (QED) is 0.798. The summed E-state index contributed by atoms with van der Waals surface area (Å²) in [6.07, 6.45) is 1.36. The zero-order valence-electron chi connectivity index (χ0n) is 10.0. The van der Waals surface area contributed by atoms with Crippen molar-refractivity contribution in [3.8, 4) is 0 Å². The molecule has 0 bridgehead atoms. The van der Waals surface area contributed by atoms with E-state index in [4.69, 9.17) is 5.11 Å². The van der Waals surface area contributed by atoms with Crippen LogP contribution >= 0.6 is 15.9 Å². The highest BCUT2D eigenvalue weighted by Crippen LogP contribution is 2.24. The molecule has 0 aliphatic rings. The Morgan fingerprint density at radius 2 is 1.90 bits per heavy atom. The third kappa shape index (κ3) is 3.12. The van der Waals surface area contributed by atoms with Gasteiger partial charge in [0.1, 0.15) is 0 Å². The molecule has 0 fully saturated rings. The van der Waals surface area contributed by atoms with Crippen LogP contribution in [0.5, 0.6) is 0 Å². The maximum Gasteiger partial charge on any atom is 0.335 e. The first-order chi connectivity index (χ1) is 9.47. The number of benzene rings is 1. The summed E-state index contributed by atoms with van der Waals surface area (Å²) >= 11 is 3.22. The number of pyridine rings is 1. The second-order valence-corrected chi connectivity index (χ2v) is 4.75. The average molecular weight is 337 g/mol. The van der Waals surface area contributed by atoms with Gasteiger partial charge in [0.25, 0.3) is 5.91 Å². The van der Waals surface area contributed by atoms with Crippen molar-refractivity contribution < 1.29 is 14.7 Å². The van der Waals surface area contributed by atoms with Crippen LogP contribution in [0.15, 0.2) is 45.8 Å². The number of aromatic amines is 1. The fourth-order valence-corrected chi connectivity index (χ4v) is 1.88. The maximum absolute atomic E-state index is 12.0. The van der Waals surface area contributed by atoms with Crippen LogP contribution in [-0.4, -0.2) is 22.0 Å². The fraction of sp³-hybridized carbons (Fsp3) is 0. The number of rotatable bonds is 3. The van der Waals surface area contributed by atoms with Crippen LogP contribution in [0.25, 0.3) is 0 Å². The van der Waals surface area contributed by atoms with Crippen LogP contribution in [-0.2, 0) is 0 Å². The highest BCUT2D eigenvalue weighted by Gasteiger charge is 2.11. The summed E-state index contributed by atoms with van der Waals surface area (Å²) in [5.74, 6) is -1.59. The summed E-state index contributed by atoms with van der Waals surface area (Å²) in [4.78, 5) is 36.4. The molecule has 0 saturated carbocycles. The fourth-order valence-electron chi connectivity index (χ4n) is 1.53. The number of carbonyl (C=O) groups is 2. The molecule has 7 heteroatoms. The molecule has 0 saturated heterocycles. The van der Waals surface area contributed by atoms with Gasteiger partial charge in [0.2, 0.25) is 5.56 Å². The lowest BCUT2D eigenvalue weighted by atomic mass is 10.2. The van der Waals surface area contributed by atoms with Crippen molar-refractivity contribution in [3.05, 3.63) is 62.5 Å². The van der Waals surface area contributed by atoms with Crippen molar-refractivity contribution in [2.75, 3.05) is 5.32 Å². The smallest absolute Gasteiger partial charge is 0.335 e. The van der Waals surface area contributed by atoms with Gasteiger partial charge in [0.15, 0.2) is 0 Å². The number of carboxylic acid groups (broad SMARTS) is 1. The number of amides is 1. The minimum absolute atomic E-state index is 0.0504. The lowest BCUT2D eigenvalue weighted by Crippen LogP contribution is -2.16. The Bertz CT molecular complexity index is 739. The lowest BCUT2D eigenvalue weighted by molar-refractivity contribution is 0.0696. The molecular weight excluding hydrogens is 328 g/mol. The van der Waals surface area contributed by atoms with Crippen LogP contribution in [0.3, 0.4) is 0 Å². The summed E-state index contributed by atoms with van der Waals surface area (Å²) < 4.78 is 0.542. The van der Waals surface area contributed by atoms with E-state index in [0.29, 0.717) is 10.2 Å². The monoisotopic (exact) mass is 336 g/mol. The number of hydrogen-bond acceptors (Lipinski definition) is 3. The summed E-state index contributed by atoms with van der Waals surface area (Å²) in [6.45, 7) is 0. The molecule has 3 N–H and O–H groups in total. The van der Waals surface area contributed by atoms with Crippen molar-refractivity contribution in [2.45, 2.75) is 0 Å². The van der Waals surface area contributed by atoms with E-state index in [1.54, 1.807) is 0 Å². The number of halogens is 1. The Labute approximate surface area is 121 Å². The molecule has 1 aromatic carbocycles. The van der Waals surface area contributed by atoms with Crippen molar-refractivity contribution in [3.63, 3.8) is 0 Å². The molecule has 1 heterocycles. The molecule has 0 unspecified atom stereocenters. The standard InChI is InChI=1S/C13H9BrN2O4/c14-9-2-1-8(13(19)20)5-10(9)16-12(18)7-3-4-15-11(17)6-7/h1-6H,(H,15,17)(H,16,18)(H,19,20). The van der Waals surface area contributed by atoms with Gasteiger partial charge in [0.05, 0.1) is 11.3 Å². The highest BCUT2D eigenvalue weighted by atomic mass is 79.9. The molecule has 0 aliphatic carbocycles. The second kappa shape index (κ2) is 5.70. The number of aromatic nitrogens is 1. The van der Waals surface area contributed by atoms with Gasteiger partial charge in [-0.15, -0.1) is 0 Å². The van der Waals surface area contributed by atoms with Crippen LogP contribution in [0.2, 0.25) is 0 Å². The SMILES string of the molecule is O=C(O)c1ccc(Br)c(NC(=O)c2cc[nH]c(=O)c2)c1. The number of carboxylic acids is 1. The Morgan fingerprint density at radius 1 is 1.15 bits per heavy atom. The molecule has 1 aromatic heterocycles. The van der Waals surface area contributed by atoms with Gasteiger partial charge < -0.3 is 15.4 Å². The molecule has 0 atom stereocenters. The molecule has 0 spiro atoms. The topological polar surface area (TPSA) is 99.3 Å². The van der Waals surface area contributed by atoms with Gasteiger partial charge in [-0.3, -0.25) is 9.59 Å². The Morgan fingerprint density at radius 3 is 2.55 bits per heavy atom. The van der Waals surface area contributed by atoms with E-state index < -0.39 is 17.4 Å². The molecule has 1 amide bonds. The van der Waals surface area contributed by atoms with Crippen molar-refractivity contribution in [1.82, 2.24) is 4.98 Å². The summed E-state index contributed by atoms with van der Waals surface area (Å²) in [7, 11) is 0. The van der Waals surface area contributed by atoms with Crippen LogP contribution in [0.4, 0.5) is 5.69 Å². The molecule has 20 heavy (non-hydrogen) atoms. The normalized spacial score (nSPS) is 10.1. The van der Waals surface area contributed by atoms with Gasteiger partial charge in [-0.05, 0) is 40.2 Å². The van der Waals surface area contributed by atoms with E-state index >= 15 is 0 Å². The Hall–Kier alpha value is -2.41. The molecule has 102 valence electrons. The van der Waals surface area contributed by atoms with Gasteiger partial charge in [-0.1, -0.05) is 0 Å². The van der Waals surface area contributed by atoms with Crippen LogP contribution in [0.1, 0.15) is 20.7 Å². The zero-order valence-corrected chi connectivity index (χ0v) is 11.6. The maximum atomic E-state index is 12.0.